The predicted molar refractivity (Wildman–Crippen MR) is 75.5 cm³/mol. The first-order valence-corrected chi connectivity index (χ1v) is 6.24. The van der Waals surface area contributed by atoms with E-state index in [2.05, 4.69) is 0 Å². The molecule has 0 bridgehead atoms. The Balaban J connectivity index is 2.36. The second-order valence-corrected chi connectivity index (χ2v) is 4.03. The van der Waals surface area contributed by atoms with Gasteiger partial charge in [-0.25, -0.2) is 0 Å². The van der Waals surface area contributed by atoms with Crippen molar-refractivity contribution < 1.29 is 14.4 Å². The summed E-state index contributed by atoms with van der Waals surface area (Å²) in [5.74, 6) is 1.24. The maximum absolute atomic E-state index is 10.7. The van der Waals surface area contributed by atoms with Crippen LogP contribution in [0.15, 0.2) is 42.5 Å². The molecule has 2 rings (SSSR count). The van der Waals surface area contributed by atoms with Crippen LogP contribution in [0.1, 0.15) is 12.5 Å². The van der Waals surface area contributed by atoms with Crippen molar-refractivity contribution in [3.05, 3.63) is 58.1 Å². The number of hydrogen-bond donors (Lipinski definition) is 0. The van der Waals surface area contributed by atoms with Crippen LogP contribution in [-0.2, 0) is 0 Å². The summed E-state index contributed by atoms with van der Waals surface area (Å²) >= 11 is 0. The molecule has 0 heterocycles. The van der Waals surface area contributed by atoms with Crippen LogP contribution in [0.4, 0.5) is 5.69 Å². The first kappa shape index (κ1) is 14.3. The van der Waals surface area contributed by atoms with Crippen LogP contribution in [0.25, 0.3) is 0 Å². The minimum absolute atomic E-state index is 0.0931. The standard InChI is InChI=1S/C15H12N2O4/c1-2-20-14-5-3-4-6-15(14)21-13-8-7-12(17(18)19)9-11(13)10-16/h3-9H,2H2,1H3. The number of ether oxygens (including phenoxy) is 2. The van der Waals surface area contributed by atoms with Crippen molar-refractivity contribution >= 4 is 5.69 Å². The van der Waals surface area contributed by atoms with E-state index in [0.29, 0.717) is 18.1 Å². The third-order valence-corrected chi connectivity index (χ3v) is 2.66. The van der Waals surface area contributed by atoms with Crippen LogP contribution >= 0.6 is 0 Å². The lowest BCUT2D eigenvalue weighted by Crippen LogP contribution is -1.96. The third-order valence-electron chi connectivity index (χ3n) is 2.66. The van der Waals surface area contributed by atoms with Gasteiger partial charge in [0.05, 0.1) is 11.5 Å². The number of non-ortho nitro benzene ring substituents is 1. The molecular weight excluding hydrogens is 272 g/mol. The number of nitriles is 1. The Morgan fingerprint density at radius 1 is 1.19 bits per heavy atom. The van der Waals surface area contributed by atoms with Gasteiger partial charge in [-0.05, 0) is 25.1 Å². The van der Waals surface area contributed by atoms with Gasteiger partial charge in [0.2, 0.25) is 0 Å². The Kier molecular flexibility index (Phi) is 4.36. The zero-order valence-electron chi connectivity index (χ0n) is 11.3. The van der Waals surface area contributed by atoms with E-state index in [1.807, 2.05) is 13.0 Å². The van der Waals surface area contributed by atoms with E-state index in [1.165, 1.54) is 18.2 Å². The molecule has 2 aromatic rings. The average molecular weight is 284 g/mol. The second kappa shape index (κ2) is 6.39. The van der Waals surface area contributed by atoms with E-state index in [0.717, 1.165) is 0 Å². The summed E-state index contributed by atoms with van der Waals surface area (Å²) in [5, 5.41) is 19.8. The number of hydrogen-bond acceptors (Lipinski definition) is 5. The van der Waals surface area contributed by atoms with Crippen molar-refractivity contribution in [1.29, 1.82) is 5.26 Å². The highest BCUT2D eigenvalue weighted by Crippen LogP contribution is 2.34. The summed E-state index contributed by atoms with van der Waals surface area (Å²) in [6.07, 6.45) is 0. The van der Waals surface area contributed by atoms with Gasteiger partial charge in [0.15, 0.2) is 11.5 Å². The molecule has 0 aliphatic heterocycles. The fourth-order valence-electron chi connectivity index (χ4n) is 1.74. The van der Waals surface area contributed by atoms with E-state index in [4.69, 9.17) is 14.7 Å². The van der Waals surface area contributed by atoms with E-state index in [-0.39, 0.29) is 17.0 Å². The van der Waals surface area contributed by atoms with Gasteiger partial charge < -0.3 is 9.47 Å². The maximum Gasteiger partial charge on any atom is 0.271 e. The normalized spacial score (nSPS) is 9.71. The van der Waals surface area contributed by atoms with Gasteiger partial charge in [-0.15, -0.1) is 0 Å². The number of rotatable bonds is 5. The largest absolute Gasteiger partial charge is 0.490 e. The van der Waals surface area contributed by atoms with Crippen LogP contribution in [0.2, 0.25) is 0 Å². The minimum Gasteiger partial charge on any atom is -0.490 e. The third kappa shape index (κ3) is 3.28. The molecule has 0 saturated carbocycles. The number of nitrogens with zero attached hydrogens (tertiary/aromatic N) is 2. The number of nitro groups is 1. The lowest BCUT2D eigenvalue weighted by Gasteiger charge is -2.11. The van der Waals surface area contributed by atoms with Crippen LogP contribution < -0.4 is 9.47 Å². The maximum atomic E-state index is 10.7. The molecule has 0 aromatic heterocycles. The van der Waals surface area contributed by atoms with Crippen molar-refractivity contribution in [1.82, 2.24) is 0 Å². The van der Waals surface area contributed by atoms with Gasteiger partial charge >= 0.3 is 0 Å². The molecule has 0 spiro atoms. The van der Waals surface area contributed by atoms with E-state index in [1.54, 1.807) is 24.3 Å². The summed E-state index contributed by atoms with van der Waals surface area (Å²) in [4.78, 5) is 10.2. The first-order chi connectivity index (χ1) is 10.2. The van der Waals surface area contributed by atoms with Gasteiger partial charge in [-0.2, -0.15) is 5.26 Å². The summed E-state index contributed by atoms with van der Waals surface area (Å²) in [6.45, 7) is 2.33. The van der Waals surface area contributed by atoms with Crippen LogP contribution in [-0.4, -0.2) is 11.5 Å². The van der Waals surface area contributed by atoms with Crippen molar-refractivity contribution in [2.75, 3.05) is 6.61 Å². The van der Waals surface area contributed by atoms with Crippen molar-refractivity contribution in [2.45, 2.75) is 6.92 Å². The van der Waals surface area contributed by atoms with Gasteiger partial charge in [-0.3, -0.25) is 10.1 Å². The van der Waals surface area contributed by atoms with Gasteiger partial charge in [0.1, 0.15) is 17.4 Å². The van der Waals surface area contributed by atoms with E-state index >= 15 is 0 Å². The number of nitro benzene ring substituents is 1. The van der Waals surface area contributed by atoms with Gasteiger partial charge in [0, 0.05) is 12.1 Å². The molecule has 2 aromatic carbocycles. The Labute approximate surface area is 121 Å². The smallest absolute Gasteiger partial charge is 0.271 e. The zero-order chi connectivity index (χ0) is 15.2. The van der Waals surface area contributed by atoms with Crippen LogP contribution in [0, 0.1) is 21.4 Å². The lowest BCUT2D eigenvalue weighted by atomic mass is 10.2. The summed E-state index contributed by atoms with van der Waals surface area (Å²) in [7, 11) is 0. The Hall–Kier alpha value is -3.07. The molecule has 0 saturated heterocycles. The van der Waals surface area contributed by atoms with E-state index < -0.39 is 4.92 Å². The number of para-hydroxylation sites is 2. The molecule has 0 radical (unpaired) electrons. The molecule has 0 atom stereocenters. The quantitative estimate of drug-likeness (QED) is 0.617. The molecule has 0 aliphatic rings. The lowest BCUT2D eigenvalue weighted by molar-refractivity contribution is -0.384. The fourth-order valence-corrected chi connectivity index (χ4v) is 1.74. The van der Waals surface area contributed by atoms with Gasteiger partial charge in [-0.1, -0.05) is 12.1 Å². The molecule has 0 N–H and O–H groups in total. The molecule has 21 heavy (non-hydrogen) atoms. The molecular formula is C15H12N2O4. The summed E-state index contributed by atoms with van der Waals surface area (Å²) < 4.78 is 11.1. The highest BCUT2D eigenvalue weighted by atomic mass is 16.6. The van der Waals surface area contributed by atoms with Crippen molar-refractivity contribution in [3.8, 4) is 23.3 Å². The van der Waals surface area contributed by atoms with Crippen LogP contribution in [0.5, 0.6) is 17.2 Å². The Morgan fingerprint density at radius 3 is 2.52 bits per heavy atom. The predicted octanol–water partition coefficient (Wildman–Crippen LogP) is 3.66. The highest BCUT2D eigenvalue weighted by molar-refractivity contribution is 5.53. The van der Waals surface area contributed by atoms with Crippen LogP contribution in [0.3, 0.4) is 0 Å². The second-order valence-electron chi connectivity index (χ2n) is 4.03. The summed E-state index contributed by atoms with van der Waals surface area (Å²) in [5.41, 5.74) is -0.0625. The van der Waals surface area contributed by atoms with Crippen molar-refractivity contribution in [2.24, 2.45) is 0 Å². The minimum atomic E-state index is -0.557. The van der Waals surface area contributed by atoms with Gasteiger partial charge in [0.25, 0.3) is 5.69 Å². The molecule has 0 fully saturated rings. The molecule has 0 aliphatic carbocycles. The Morgan fingerprint density at radius 2 is 1.90 bits per heavy atom. The fraction of sp³-hybridized carbons (Fsp3) is 0.133. The summed E-state index contributed by atoms with van der Waals surface area (Å²) in [6, 6.07) is 12.8. The van der Waals surface area contributed by atoms with E-state index in [9.17, 15) is 10.1 Å². The first-order valence-electron chi connectivity index (χ1n) is 6.24. The highest BCUT2D eigenvalue weighted by Gasteiger charge is 2.13. The average Bonchev–Trinajstić information content (AvgIpc) is 2.49. The molecule has 0 amide bonds. The number of benzene rings is 2. The molecule has 6 heteroatoms. The monoisotopic (exact) mass is 284 g/mol. The topological polar surface area (TPSA) is 85.4 Å². The Bertz CT molecular complexity index is 707. The molecule has 6 nitrogen and oxygen atoms in total. The molecule has 0 unspecified atom stereocenters. The SMILES string of the molecule is CCOc1ccccc1Oc1ccc([N+](=O)[O-])cc1C#N. The zero-order valence-corrected chi connectivity index (χ0v) is 11.3. The molecule has 106 valence electrons. The van der Waals surface area contributed by atoms with Crippen molar-refractivity contribution in [3.63, 3.8) is 0 Å².